The molecule has 5 heterocycles. The summed E-state index contributed by atoms with van der Waals surface area (Å²) in [6.07, 6.45) is 0.815. The number of thiazole rings is 1. The van der Waals surface area contributed by atoms with Crippen LogP contribution in [0.25, 0.3) is 16.1 Å². The highest BCUT2D eigenvalue weighted by atomic mass is 32.1. The number of ether oxygens (including phenoxy) is 1. The highest BCUT2D eigenvalue weighted by Gasteiger charge is 2.44. The Morgan fingerprint density at radius 1 is 1.00 bits per heavy atom. The lowest BCUT2D eigenvalue weighted by atomic mass is 9.85. The van der Waals surface area contributed by atoms with Gasteiger partial charge in [0.05, 0.1) is 47.0 Å². The van der Waals surface area contributed by atoms with Crippen molar-refractivity contribution >= 4 is 52.1 Å². The second-order valence-corrected chi connectivity index (χ2v) is 18.4. The molecule has 64 heavy (non-hydrogen) atoms. The molecule has 2 aromatic carbocycles. The average molecular weight is 892 g/mol. The van der Waals surface area contributed by atoms with Gasteiger partial charge in [0.25, 0.3) is 11.5 Å². The first-order chi connectivity index (χ1) is 30.6. The minimum atomic E-state index is -1.02. The van der Waals surface area contributed by atoms with Gasteiger partial charge in [-0.1, -0.05) is 57.2 Å². The number of fused-ring (bicyclic) bond motifs is 1. The van der Waals surface area contributed by atoms with Crippen molar-refractivity contribution in [3.8, 4) is 10.4 Å². The van der Waals surface area contributed by atoms with Crippen molar-refractivity contribution in [2.45, 2.75) is 85.2 Å². The highest BCUT2D eigenvalue weighted by Crippen LogP contribution is 2.30. The van der Waals surface area contributed by atoms with Gasteiger partial charge < -0.3 is 40.9 Å². The minimum Gasteiger partial charge on any atom is -0.391 e. The van der Waals surface area contributed by atoms with Gasteiger partial charge in [0.15, 0.2) is 0 Å². The number of likely N-dealkylation sites (tertiary alicyclic amines) is 1. The van der Waals surface area contributed by atoms with E-state index in [0.717, 1.165) is 32.8 Å². The summed E-state index contributed by atoms with van der Waals surface area (Å²) >= 11 is 1.56. The molecule has 5 N–H and O–H groups in total. The molecule has 2 saturated heterocycles. The molecule has 17 heteroatoms. The topological polar surface area (TPSA) is 200 Å². The third-order valence-electron chi connectivity index (χ3n) is 11.6. The second kappa shape index (κ2) is 19.7. The zero-order valence-electron chi connectivity index (χ0n) is 37.1. The van der Waals surface area contributed by atoms with Crippen LogP contribution in [0.2, 0.25) is 0 Å². The number of rotatable bonds is 14. The van der Waals surface area contributed by atoms with Crippen molar-refractivity contribution in [2.24, 2.45) is 5.41 Å². The molecule has 0 spiro atoms. The Balaban J connectivity index is 0.957. The molecule has 3 aromatic heterocycles. The van der Waals surface area contributed by atoms with E-state index in [0.29, 0.717) is 49.0 Å². The number of morpholine rings is 1. The number of para-hydroxylation sites is 1. The summed E-state index contributed by atoms with van der Waals surface area (Å²) in [6.45, 7) is 13.8. The van der Waals surface area contributed by atoms with Gasteiger partial charge in [-0.2, -0.15) is 0 Å². The fraction of sp³-hybridized carbons (Fsp3) is 0.426. The molecule has 1 unspecified atom stereocenters. The number of hydrogen-bond acceptors (Lipinski definition) is 12. The van der Waals surface area contributed by atoms with E-state index in [4.69, 9.17) is 9.72 Å². The number of hydrogen-bond donors (Lipinski definition) is 5. The predicted molar refractivity (Wildman–Crippen MR) is 246 cm³/mol. The molecule has 2 fully saturated rings. The van der Waals surface area contributed by atoms with Gasteiger partial charge in [0.1, 0.15) is 23.5 Å². The number of aryl methyl sites for hydroxylation is 2. The van der Waals surface area contributed by atoms with Crippen LogP contribution >= 0.6 is 11.3 Å². The molecule has 7 rings (SSSR count). The van der Waals surface area contributed by atoms with Crippen LogP contribution in [0, 0.1) is 19.3 Å². The van der Waals surface area contributed by atoms with Crippen molar-refractivity contribution in [1.82, 2.24) is 35.2 Å². The van der Waals surface area contributed by atoms with Crippen molar-refractivity contribution in [3.05, 3.63) is 111 Å². The van der Waals surface area contributed by atoms with Gasteiger partial charge in [-0.3, -0.25) is 28.4 Å². The lowest BCUT2D eigenvalue weighted by Crippen LogP contribution is -2.57. The number of nitrogens with zero attached hydrogens (tertiary/aromatic N) is 5. The van der Waals surface area contributed by atoms with Crippen molar-refractivity contribution < 1.29 is 29.0 Å². The first-order valence-corrected chi connectivity index (χ1v) is 22.5. The predicted octanol–water partition coefficient (Wildman–Crippen LogP) is 4.37. The number of amides is 4. The maximum Gasteiger partial charge on any atom is 0.259 e. The summed E-state index contributed by atoms with van der Waals surface area (Å²) in [5.74, 6) is -1.15. The number of aromatic nitrogens is 3. The SMILES string of the molecule is Cc1cc(C(C)Nc2ccccc2C(=O)NCCC(=O)N[C@H](C(=O)N2C[C@H](O)C[C@H]2C(=O)NCc2ccc(-c3scnc3C)cc2)C(C)(C)C)c2nc(N3CCOCC3)cc(=O)n2c1. The zero-order chi connectivity index (χ0) is 45.7. The first-order valence-electron chi connectivity index (χ1n) is 21.6. The first kappa shape index (κ1) is 45.8. The molecule has 4 amide bonds. The fourth-order valence-corrected chi connectivity index (χ4v) is 8.96. The van der Waals surface area contributed by atoms with Crippen LogP contribution < -0.4 is 31.7 Å². The van der Waals surface area contributed by atoms with Crippen LogP contribution in [0.1, 0.15) is 79.3 Å². The zero-order valence-corrected chi connectivity index (χ0v) is 38.0. The quantitative estimate of drug-likeness (QED) is 0.106. The van der Waals surface area contributed by atoms with E-state index >= 15 is 0 Å². The van der Waals surface area contributed by atoms with E-state index in [1.54, 1.807) is 51.7 Å². The number of pyridine rings is 1. The number of aliphatic hydroxyl groups is 1. The Kier molecular flexibility index (Phi) is 14.1. The molecule has 0 radical (unpaired) electrons. The number of nitrogens with one attached hydrogen (secondary N) is 4. The molecule has 0 saturated carbocycles. The van der Waals surface area contributed by atoms with Crippen LogP contribution in [0.15, 0.2) is 77.2 Å². The summed E-state index contributed by atoms with van der Waals surface area (Å²) in [6, 6.07) is 16.1. The van der Waals surface area contributed by atoms with Crippen LogP contribution in [0.4, 0.5) is 11.5 Å². The maximum absolute atomic E-state index is 14.1. The number of anilines is 2. The number of carbonyl (C=O) groups is 4. The third kappa shape index (κ3) is 10.6. The van der Waals surface area contributed by atoms with E-state index in [1.165, 1.54) is 4.90 Å². The van der Waals surface area contributed by atoms with Gasteiger partial charge in [-0.05, 0) is 61.1 Å². The summed E-state index contributed by atoms with van der Waals surface area (Å²) in [7, 11) is 0. The summed E-state index contributed by atoms with van der Waals surface area (Å²) in [5.41, 5.74) is 6.81. The van der Waals surface area contributed by atoms with Gasteiger partial charge in [0, 0.05) is 69.1 Å². The second-order valence-electron chi connectivity index (χ2n) is 17.6. The Bertz CT molecular complexity index is 2560. The monoisotopic (exact) mass is 891 g/mol. The lowest BCUT2D eigenvalue weighted by Gasteiger charge is -2.35. The molecule has 0 bridgehead atoms. The maximum atomic E-state index is 14.1. The van der Waals surface area contributed by atoms with Crippen molar-refractivity contribution in [1.29, 1.82) is 0 Å². The van der Waals surface area contributed by atoms with Crippen LogP contribution in [-0.4, -0.2) is 106 Å². The van der Waals surface area contributed by atoms with Crippen molar-refractivity contribution in [2.75, 3.05) is 49.6 Å². The van der Waals surface area contributed by atoms with Gasteiger partial charge in [-0.25, -0.2) is 9.97 Å². The van der Waals surface area contributed by atoms with Gasteiger partial charge >= 0.3 is 0 Å². The van der Waals surface area contributed by atoms with Crippen molar-refractivity contribution in [3.63, 3.8) is 0 Å². The van der Waals surface area contributed by atoms with Gasteiger partial charge in [0.2, 0.25) is 17.7 Å². The van der Waals surface area contributed by atoms with Crippen LogP contribution in [0.3, 0.4) is 0 Å². The smallest absolute Gasteiger partial charge is 0.259 e. The largest absolute Gasteiger partial charge is 0.391 e. The van der Waals surface area contributed by atoms with E-state index in [1.807, 2.05) is 82.8 Å². The molecule has 2 aliphatic rings. The molecular formula is C47H57N9O7S. The Hall–Kier alpha value is -6.17. The Morgan fingerprint density at radius 3 is 2.44 bits per heavy atom. The van der Waals surface area contributed by atoms with E-state index < -0.39 is 47.2 Å². The molecule has 2 aliphatic heterocycles. The average Bonchev–Trinajstić information content (AvgIpc) is 3.89. The molecule has 338 valence electrons. The van der Waals surface area contributed by atoms with Gasteiger partial charge in [-0.15, -0.1) is 11.3 Å². The summed E-state index contributed by atoms with van der Waals surface area (Å²) in [5, 5.41) is 22.7. The number of β-amino-alcohol motifs (C(OH)–C–C–N with tert-alkyl or cyclic N) is 1. The number of aliphatic hydroxyl groups excluding tert-OH is 1. The molecular weight excluding hydrogens is 835 g/mol. The molecule has 5 aromatic rings. The highest BCUT2D eigenvalue weighted by molar-refractivity contribution is 7.13. The van der Waals surface area contributed by atoms with E-state index in [2.05, 4.69) is 26.3 Å². The molecule has 0 aliphatic carbocycles. The number of benzene rings is 2. The fourth-order valence-electron chi connectivity index (χ4n) is 8.15. The molecule has 16 nitrogen and oxygen atoms in total. The van der Waals surface area contributed by atoms with Crippen LogP contribution in [0.5, 0.6) is 0 Å². The minimum absolute atomic E-state index is 0.0163. The van der Waals surface area contributed by atoms with E-state index in [-0.39, 0.29) is 44.1 Å². The lowest BCUT2D eigenvalue weighted by molar-refractivity contribution is -0.144. The van der Waals surface area contributed by atoms with Crippen LogP contribution in [-0.2, 0) is 25.7 Å². The Morgan fingerprint density at radius 2 is 1.73 bits per heavy atom. The normalized spacial score (nSPS) is 17.5. The summed E-state index contributed by atoms with van der Waals surface area (Å²) < 4.78 is 7.04. The Labute approximate surface area is 376 Å². The summed E-state index contributed by atoms with van der Waals surface area (Å²) in [4.78, 5) is 81.7. The third-order valence-corrected chi connectivity index (χ3v) is 12.6. The standard InChI is InChI=1S/C47H57N9O7S/c1-28-21-35(43-52-38(23-40(59)56(43)25-28)54-17-19-63-20-18-54)29(2)51-36-10-8-7-9-34(36)44(60)48-16-15-39(58)53-42(47(4,5)6)46(62)55-26-33(57)22-37(55)45(61)49-24-31-11-13-32(14-12-31)41-30(3)50-27-64-41/h7-14,21,23,25,27,29,33,37,42,51,57H,15-20,22,24,26H2,1-6H3,(H,48,60)(H,49,61)(H,53,58)/t29?,33-,37+,42-/m1/s1. The van der Waals surface area contributed by atoms with E-state index in [9.17, 15) is 29.1 Å². The number of carbonyl (C=O) groups excluding carboxylic acids is 4. The molecule has 4 atom stereocenters.